The number of benzene rings is 1. The molecular formula is C14H16ClN3O3S. The second-order valence-corrected chi connectivity index (χ2v) is 7.37. The minimum absolute atomic E-state index is 0.0419. The van der Waals surface area contributed by atoms with E-state index in [0.717, 1.165) is 0 Å². The monoisotopic (exact) mass is 341 g/mol. The van der Waals surface area contributed by atoms with Crippen molar-refractivity contribution < 1.29 is 13.2 Å². The molecule has 0 saturated carbocycles. The summed E-state index contributed by atoms with van der Waals surface area (Å²) < 4.78 is 34.6. The predicted molar refractivity (Wildman–Crippen MR) is 84.0 cm³/mol. The molecule has 118 valence electrons. The summed E-state index contributed by atoms with van der Waals surface area (Å²) in [7, 11) is -2.21. The highest BCUT2D eigenvalue weighted by atomic mass is 35.5. The molecule has 0 fully saturated rings. The standard InChI is InChI=1S/C14H16ClN3O3S/c1-9-8-21-12-7-5-4-6-11(12)18(9)22(19,20)13-10(2)16-17(3)14(13)15/h4-7,9H,8H2,1-3H3. The van der Waals surface area contributed by atoms with E-state index in [2.05, 4.69) is 5.10 Å². The van der Waals surface area contributed by atoms with E-state index in [-0.39, 0.29) is 22.7 Å². The number of ether oxygens (including phenoxy) is 1. The fourth-order valence-corrected chi connectivity index (χ4v) is 5.01. The zero-order chi connectivity index (χ0) is 16.1. The van der Waals surface area contributed by atoms with Crippen LogP contribution in [0, 0.1) is 6.92 Å². The van der Waals surface area contributed by atoms with Gasteiger partial charge in [-0.1, -0.05) is 23.7 Å². The van der Waals surface area contributed by atoms with Crippen LogP contribution in [0.5, 0.6) is 5.75 Å². The molecule has 1 aromatic heterocycles. The molecule has 0 spiro atoms. The second kappa shape index (κ2) is 5.17. The van der Waals surface area contributed by atoms with Gasteiger partial charge in [0.1, 0.15) is 22.4 Å². The molecule has 2 aromatic rings. The smallest absolute Gasteiger partial charge is 0.269 e. The van der Waals surface area contributed by atoms with E-state index in [9.17, 15) is 8.42 Å². The van der Waals surface area contributed by atoms with Gasteiger partial charge in [0.15, 0.2) is 0 Å². The van der Waals surface area contributed by atoms with Crippen molar-refractivity contribution in [1.82, 2.24) is 9.78 Å². The minimum Gasteiger partial charge on any atom is -0.489 e. The largest absolute Gasteiger partial charge is 0.489 e. The summed E-state index contributed by atoms with van der Waals surface area (Å²) in [5, 5.41) is 4.21. The van der Waals surface area contributed by atoms with Crippen molar-refractivity contribution in [2.45, 2.75) is 24.8 Å². The molecule has 3 rings (SSSR count). The Morgan fingerprint density at radius 2 is 2.05 bits per heavy atom. The Morgan fingerprint density at radius 3 is 2.68 bits per heavy atom. The van der Waals surface area contributed by atoms with Crippen LogP contribution < -0.4 is 9.04 Å². The lowest BCUT2D eigenvalue weighted by Gasteiger charge is -2.35. The molecule has 2 heterocycles. The molecule has 6 nitrogen and oxygen atoms in total. The van der Waals surface area contributed by atoms with E-state index in [1.165, 1.54) is 8.99 Å². The second-order valence-electron chi connectivity index (χ2n) is 5.26. The number of hydrogen-bond acceptors (Lipinski definition) is 4. The minimum atomic E-state index is -3.83. The van der Waals surface area contributed by atoms with Crippen molar-refractivity contribution in [3.05, 3.63) is 35.1 Å². The summed E-state index contributed by atoms with van der Waals surface area (Å²) in [4.78, 5) is 0.0419. The number of fused-ring (bicyclic) bond motifs is 1. The Morgan fingerprint density at radius 1 is 1.36 bits per heavy atom. The van der Waals surface area contributed by atoms with Crippen LogP contribution in [0.15, 0.2) is 29.2 Å². The van der Waals surface area contributed by atoms with Gasteiger partial charge in [0.2, 0.25) is 0 Å². The van der Waals surface area contributed by atoms with Crippen LogP contribution in [0.3, 0.4) is 0 Å². The van der Waals surface area contributed by atoms with Crippen LogP contribution in [0.2, 0.25) is 5.15 Å². The van der Waals surface area contributed by atoms with Crippen molar-refractivity contribution in [2.75, 3.05) is 10.9 Å². The maximum Gasteiger partial charge on any atom is 0.269 e. The molecule has 0 aliphatic carbocycles. The van der Waals surface area contributed by atoms with Crippen LogP contribution in [0.25, 0.3) is 0 Å². The van der Waals surface area contributed by atoms with Crippen LogP contribution in [-0.2, 0) is 17.1 Å². The first-order valence-corrected chi connectivity index (χ1v) is 8.61. The summed E-state index contributed by atoms with van der Waals surface area (Å²) in [6.07, 6.45) is 0. The van der Waals surface area contributed by atoms with E-state index >= 15 is 0 Å². The molecule has 0 radical (unpaired) electrons. The van der Waals surface area contributed by atoms with Crippen LogP contribution in [0.1, 0.15) is 12.6 Å². The van der Waals surface area contributed by atoms with E-state index in [1.807, 2.05) is 6.07 Å². The molecular weight excluding hydrogens is 326 g/mol. The first kappa shape index (κ1) is 15.2. The third-order valence-corrected chi connectivity index (χ3v) is 6.22. The SMILES string of the molecule is Cc1nn(C)c(Cl)c1S(=O)(=O)N1c2ccccc2OCC1C. The number of hydrogen-bond donors (Lipinski definition) is 0. The van der Waals surface area contributed by atoms with Gasteiger partial charge in [-0.05, 0) is 26.0 Å². The quantitative estimate of drug-likeness (QED) is 0.841. The first-order valence-electron chi connectivity index (χ1n) is 6.79. The molecule has 0 bridgehead atoms. The van der Waals surface area contributed by atoms with Crippen molar-refractivity contribution in [3.8, 4) is 5.75 Å². The van der Waals surface area contributed by atoms with Gasteiger partial charge in [0.25, 0.3) is 10.0 Å². The lowest BCUT2D eigenvalue weighted by atomic mass is 10.2. The molecule has 22 heavy (non-hydrogen) atoms. The zero-order valence-electron chi connectivity index (χ0n) is 12.4. The lowest BCUT2D eigenvalue weighted by Crippen LogP contribution is -2.45. The summed E-state index contributed by atoms with van der Waals surface area (Å²) in [5.74, 6) is 0.543. The third kappa shape index (κ3) is 2.16. The summed E-state index contributed by atoms with van der Waals surface area (Å²) in [6, 6.07) is 6.72. The number of rotatable bonds is 2. The maximum absolute atomic E-state index is 13.1. The topological polar surface area (TPSA) is 64.4 Å². The number of nitrogens with zero attached hydrogens (tertiary/aromatic N) is 3. The lowest BCUT2D eigenvalue weighted by molar-refractivity contribution is 0.281. The van der Waals surface area contributed by atoms with Gasteiger partial charge in [-0.15, -0.1) is 0 Å². The molecule has 0 amide bonds. The van der Waals surface area contributed by atoms with Gasteiger partial charge in [-0.2, -0.15) is 5.10 Å². The third-order valence-electron chi connectivity index (χ3n) is 3.60. The molecule has 1 unspecified atom stereocenters. The Labute approximate surface area is 134 Å². The maximum atomic E-state index is 13.1. The number of halogens is 1. The van der Waals surface area contributed by atoms with Gasteiger partial charge < -0.3 is 4.74 Å². The van der Waals surface area contributed by atoms with Crippen LogP contribution >= 0.6 is 11.6 Å². The van der Waals surface area contributed by atoms with Crippen molar-refractivity contribution in [2.24, 2.45) is 7.05 Å². The normalized spacial score (nSPS) is 18.0. The highest BCUT2D eigenvalue weighted by Crippen LogP contribution is 2.39. The fourth-order valence-electron chi connectivity index (χ4n) is 2.65. The number of sulfonamides is 1. The molecule has 1 aromatic carbocycles. The average molecular weight is 342 g/mol. The predicted octanol–water partition coefficient (Wildman–Crippen LogP) is 2.36. The Kier molecular flexibility index (Phi) is 3.57. The van der Waals surface area contributed by atoms with Gasteiger partial charge in [0.05, 0.1) is 17.4 Å². The van der Waals surface area contributed by atoms with Crippen molar-refractivity contribution in [1.29, 1.82) is 0 Å². The summed E-state index contributed by atoms with van der Waals surface area (Å²) >= 11 is 6.16. The van der Waals surface area contributed by atoms with Crippen LogP contribution in [-0.4, -0.2) is 30.8 Å². The van der Waals surface area contributed by atoms with E-state index in [0.29, 0.717) is 17.1 Å². The molecule has 1 atom stereocenters. The van der Waals surface area contributed by atoms with Crippen molar-refractivity contribution >= 4 is 27.3 Å². The average Bonchev–Trinajstić information content (AvgIpc) is 2.72. The van der Waals surface area contributed by atoms with Gasteiger partial charge in [-0.3, -0.25) is 8.99 Å². The first-order chi connectivity index (χ1) is 10.3. The molecule has 1 aliphatic rings. The molecule has 1 aliphatic heterocycles. The summed E-state index contributed by atoms with van der Waals surface area (Å²) in [5.41, 5.74) is 0.893. The van der Waals surface area contributed by atoms with E-state index < -0.39 is 10.0 Å². The van der Waals surface area contributed by atoms with Gasteiger partial charge in [-0.25, -0.2) is 8.42 Å². The number of anilines is 1. The zero-order valence-corrected chi connectivity index (χ0v) is 14.0. The van der Waals surface area contributed by atoms with Crippen molar-refractivity contribution in [3.63, 3.8) is 0 Å². The molecule has 8 heteroatoms. The molecule has 0 N–H and O–H groups in total. The van der Waals surface area contributed by atoms with E-state index in [1.54, 1.807) is 39.1 Å². The Bertz CT molecular complexity index is 832. The molecule has 0 saturated heterocycles. The Balaban J connectivity index is 2.21. The summed E-state index contributed by atoms with van der Waals surface area (Å²) in [6.45, 7) is 3.72. The fraction of sp³-hybridized carbons (Fsp3) is 0.357. The number of aryl methyl sites for hydroxylation is 2. The highest BCUT2D eigenvalue weighted by molar-refractivity contribution is 7.93. The Hall–Kier alpha value is -1.73. The number of para-hydroxylation sites is 2. The van der Waals surface area contributed by atoms with Gasteiger partial charge >= 0.3 is 0 Å². The van der Waals surface area contributed by atoms with Crippen LogP contribution in [0.4, 0.5) is 5.69 Å². The van der Waals surface area contributed by atoms with Gasteiger partial charge in [0, 0.05) is 7.05 Å². The highest BCUT2D eigenvalue weighted by Gasteiger charge is 2.38. The number of aromatic nitrogens is 2. The van der Waals surface area contributed by atoms with E-state index in [4.69, 9.17) is 16.3 Å².